The maximum Gasteiger partial charge on any atom is 0.391 e. The third kappa shape index (κ3) is 5.28. The van der Waals surface area contributed by atoms with Crippen LogP contribution in [0.15, 0.2) is 6.07 Å². The third-order valence-corrected chi connectivity index (χ3v) is 3.51. The Morgan fingerprint density at radius 1 is 1.50 bits per heavy atom. The predicted molar refractivity (Wildman–Crippen MR) is 75.1 cm³/mol. The molecule has 0 aliphatic rings. The van der Waals surface area contributed by atoms with Gasteiger partial charge in [-0.3, -0.25) is 4.79 Å². The SMILES string of the molecule is CCCNC(=O)c1sc(NC(C)CC(F)(F)F)cc1N. The molecule has 0 aliphatic heterocycles. The van der Waals surface area contributed by atoms with Gasteiger partial charge in [-0.1, -0.05) is 6.92 Å². The van der Waals surface area contributed by atoms with Gasteiger partial charge in [0.25, 0.3) is 5.91 Å². The van der Waals surface area contributed by atoms with E-state index in [1.807, 2.05) is 6.92 Å². The van der Waals surface area contributed by atoms with E-state index in [9.17, 15) is 18.0 Å². The first kappa shape index (κ1) is 16.6. The fourth-order valence-electron chi connectivity index (χ4n) is 1.61. The van der Waals surface area contributed by atoms with E-state index in [-0.39, 0.29) is 11.6 Å². The number of hydrogen-bond acceptors (Lipinski definition) is 4. The van der Waals surface area contributed by atoms with Crippen molar-refractivity contribution < 1.29 is 18.0 Å². The number of anilines is 2. The zero-order valence-corrected chi connectivity index (χ0v) is 12.1. The molecular formula is C12H18F3N3OS. The molecular weight excluding hydrogens is 291 g/mol. The quantitative estimate of drug-likeness (QED) is 0.756. The highest BCUT2D eigenvalue weighted by atomic mass is 32.1. The van der Waals surface area contributed by atoms with Gasteiger partial charge in [0.2, 0.25) is 0 Å². The Bertz CT molecular complexity index is 459. The van der Waals surface area contributed by atoms with E-state index >= 15 is 0 Å². The first-order chi connectivity index (χ1) is 9.23. The van der Waals surface area contributed by atoms with Crippen molar-refractivity contribution in [1.29, 1.82) is 0 Å². The molecule has 1 unspecified atom stereocenters. The number of nitrogens with one attached hydrogen (secondary N) is 2. The minimum absolute atomic E-state index is 0.269. The molecule has 20 heavy (non-hydrogen) atoms. The normalized spacial score (nSPS) is 13.1. The van der Waals surface area contributed by atoms with Crippen LogP contribution < -0.4 is 16.4 Å². The Labute approximate surface area is 119 Å². The Balaban J connectivity index is 2.67. The van der Waals surface area contributed by atoms with Crippen LogP contribution in [-0.4, -0.2) is 24.7 Å². The summed E-state index contributed by atoms with van der Waals surface area (Å²) < 4.78 is 36.7. The summed E-state index contributed by atoms with van der Waals surface area (Å²) in [5, 5.41) is 5.85. The Kier molecular flexibility index (Phi) is 5.67. The van der Waals surface area contributed by atoms with Crippen LogP contribution in [0.3, 0.4) is 0 Å². The number of amides is 1. The highest BCUT2D eigenvalue weighted by Crippen LogP contribution is 2.31. The van der Waals surface area contributed by atoms with E-state index in [0.717, 1.165) is 17.8 Å². The molecule has 4 N–H and O–H groups in total. The molecule has 0 radical (unpaired) electrons. The summed E-state index contributed by atoms with van der Waals surface area (Å²) >= 11 is 1.06. The van der Waals surface area contributed by atoms with Crippen LogP contribution in [0, 0.1) is 0 Å². The minimum Gasteiger partial charge on any atom is -0.397 e. The van der Waals surface area contributed by atoms with E-state index < -0.39 is 18.6 Å². The molecule has 1 aromatic heterocycles. The standard InChI is InChI=1S/C12H18F3N3OS/c1-3-4-17-11(19)10-8(16)5-9(20-10)18-7(2)6-12(13,14)15/h5,7,18H,3-4,6,16H2,1-2H3,(H,17,19). The van der Waals surface area contributed by atoms with E-state index in [1.54, 1.807) is 0 Å². The van der Waals surface area contributed by atoms with Crippen LogP contribution in [0.5, 0.6) is 0 Å². The van der Waals surface area contributed by atoms with E-state index in [2.05, 4.69) is 10.6 Å². The number of carbonyl (C=O) groups is 1. The first-order valence-corrected chi connectivity index (χ1v) is 7.05. The molecule has 0 aliphatic carbocycles. The maximum atomic E-state index is 12.2. The smallest absolute Gasteiger partial charge is 0.391 e. The van der Waals surface area contributed by atoms with Gasteiger partial charge in [0.1, 0.15) is 4.88 Å². The van der Waals surface area contributed by atoms with Gasteiger partial charge in [-0.2, -0.15) is 13.2 Å². The fraction of sp³-hybridized carbons (Fsp3) is 0.583. The van der Waals surface area contributed by atoms with E-state index in [4.69, 9.17) is 5.73 Å². The van der Waals surface area contributed by atoms with Crippen LogP contribution in [0.25, 0.3) is 0 Å². The third-order valence-electron chi connectivity index (χ3n) is 2.43. The molecule has 4 nitrogen and oxygen atoms in total. The Morgan fingerprint density at radius 2 is 2.15 bits per heavy atom. The number of nitrogens with two attached hydrogens (primary N) is 1. The molecule has 1 heterocycles. The molecule has 8 heteroatoms. The highest BCUT2D eigenvalue weighted by Gasteiger charge is 2.30. The Hall–Kier alpha value is -1.44. The van der Waals surface area contributed by atoms with Crippen molar-refractivity contribution in [2.75, 3.05) is 17.6 Å². The zero-order chi connectivity index (χ0) is 15.3. The van der Waals surface area contributed by atoms with Crippen LogP contribution in [0.4, 0.5) is 23.9 Å². The average molecular weight is 309 g/mol. The van der Waals surface area contributed by atoms with Gasteiger partial charge in [0.05, 0.1) is 17.1 Å². The van der Waals surface area contributed by atoms with Gasteiger partial charge in [-0.25, -0.2) is 0 Å². The highest BCUT2D eigenvalue weighted by molar-refractivity contribution is 7.18. The Morgan fingerprint density at radius 3 is 2.70 bits per heavy atom. The lowest BCUT2D eigenvalue weighted by Crippen LogP contribution is -2.24. The summed E-state index contributed by atoms with van der Waals surface area (Å²) in [5.74, 6) is -0.300. The molecule has 0 aromatic carbocycles. The molecule has 1 rings (SSSR count). The van der Waals surface area contributed by atoms with Gasteiger partial charge in [0, 0.05) is 12.6 Å². The minimum atomic E-state index is -4.23. The van der Waals surface area contributed by atoms with Crippen LogP contribution in [-0.2, 0) is 0 Å². The van der Waals surface area contributed by atoms with Gasteiger partial charge in [-0.05, 0) is 19.4 Å². The number of hydrogen-bond donors (Lipinski definition) is 3. The number of carbonyl (C=O) groups excluding carboxylic acids is 1. The second-order valence-electron chi connectivity index (χ2n) is 4.52. The molecule has 1 aromatic rings. The summed E-state index contributed by atoms with van der Waals surface area (Å²) in [4.78, 5) is 12.1. The molecule has 0 fully saturated rings. The summed E-state index contributed by atoms with van der Waals surface area (Å²) in [7, 11) is 0. The molecule has 0 saturated heterocycles. The largest absolute Gasteiger partial charge is 0.397 e. The van der Waals surface area contributed by atoms with Crippen molar-refractivity contribution in [3.05, 3.63) is 10.9 Å². The number of nitrogen functional groups attached to an aromatic ring is 1. The fourth-order valence-corrected chi connectivity index (χ4v) is 2.62. The topological polar surface area (TPSA) is 67.2 Å². The van der Waals surface area contributed by atoms with Crippen molar-refractivity contribution in [2.45, 2.75) is 38.9 Å². The number of alkyl halides is 3. The number of halogens is 3. The van der Waals surface area contributed by atoms with Crippen LogP contribution in [0.2, 0.25) is 0 Å². The van der Waals surface area contributed by atoms with Crippen LogP contribution >= 0.6 is 11.3 Å². The van der Waals surface area contributed by atoms with E-state index in [0.29, 0.717) is 16.4 Å². The second kappa shape index (κ2) is 6.83. The molecule has 1 atom stereocenters. The number of rotatable bonds is 6. The monoisotopic (exact) mass is 309 g/mol. The zero-order valence-electron chi connectivity index (χ0n) is 11.3. The van der Waals surface area contributed by atoms with E-state index in [1.165, 1.54) is 13.0 Å². The van der Waals surface area contributed by atoms with Crippen molar-refractivity contribution in [1.82, 2.24) is 5.32 Å². The van der Waals surface area contributed by atoms with Gasteiger partial charge >= 0.3 is 6.18 Å². The summed E-state index contributed by atoms with van der Waals surface area (Å²) in [6.07, 6.45) is -4.37. The van der Waals surface area contributed by atoms with Crippen LogP contribution in [0.1, 0.15) is 36.4 Å². The molecule has 114 valence electrons. The van der Waals surface area contributed by atoms with Crippen molar-refractivity contribution in [2.24, 2.45) is 0 Å². The summed E-state index contributed by atoms with van der Waals surface area (Å²) in [5.41, 5.74) is 5.97. The summed E-state index contributed by atoms with van der Waals surface area (Å²) in [6, 6.07) is 0.706. The van der Waals surface area contributed by atoms with Crippen molar-refractivity contribution in [3.8, 4) is 0 Å². The van der Waals surface area contributed by atoms with Gasteiger partial charge < -0.3 is 16.4 Å². The van der Waals surface area contributed by atoms with Crippen molar-refractivity contribution in [3.63, 3.8) is 0 Å². The van der Waals surface area contributed by atoms with Gasteiger partial charge in [-0.15, -0.1) is 11.3 Å². The lowest BCUT2D eigenvalue weighted by Gasteiger charge is -2.15. The second-order valence-corrected chi connectivity index (χ2v) is 5.57. The lowest BCUT2D eigenvalue weighted by molar-refractivity contribution is -0.136. The first-order valence-electron chi connectivity index (χ1n) is 6.23. The molecule has 1 amide bonds. The average Bonchev–Trinajstić information content (AvgIpc) is 2.64. The van der Waals surface area contributed by atoms with Crippen molar-refractivity contribution >= 4 is 27.9 Å². The number of thiophene rings is 1. The van der Waals surface area contributed by atoms with Gasteiger partial charge in [0.15, 0.2) is 0 Å². The predicted octanol–water partition coefficient (Wildman–Crippen LogP) is 3.22. The molecule has 0 bridgehead atoms. The molecule has 0 saturated carbocycles. The lowest BCUT2D eigenvalue weighted by atomic mass is 10.2. The summed E-state index contributed by atoms with van der Waals surface area (Å²) in [6.45, 7) is 3.88. The molecule has 0 spiro atoms. The maximum absolute atomic E-state index is 12.2.